The van der Waals surface area contributed by atoms with Crippen LogP contribution in [0, 0.1) is 0 Å². The summed E-state index contributed by atoms with van der Waals surface area (Å²) in [6.45, 7) is 3.39. The van der Waals surface area contributed by atoms with Gasteiger partial charge in [0.1, 0.15) is 10.7 Å². The second-order valence-electron chi connectivity index (χ2n) is 7.60. The molecular weight excluding hydrogens is 492 g/mol. The van der Waals surface area contributed by atoms with Gasteiger partial charge >= 0.3 is 5.97 Å². The van der Waals surface area contributed by atoms with Gasteiger partial charge in [0.05, 0.1) is 17.4 Å². The minimum absolute atomic E-state index is 0.0504. The molecule has 0 spiro atoms. The van der Waals surface area contributed by atoms with Crippen molar-refractivity contribution in [2.24, 2.45) is 0 Å². The van der Waals surface area contributed by atoms with Gasteiger partial charge in [0.15, 0.2) is 5.13 Å². The molecule has 2 N–H and O–H groups in total. The molecule has 3 aromatic rings. The van der Waals surface area contributed by atoms with Gasteiger partial charge in [-0.25, -0.2) is 14.7 Å². The maximum Gasteiger partial charge on any atom is 0.340 e. The fourth-order valence-corrected chi connectivity index (χ4v) is 4.02. The van der Waals surface area contributed by atoms with Gasteiger partial charge in [0.2, 0.25) is 0 Å². The van der Waals surface area contributed by atoms with Crippen molar-refractivity contribution in [3.05, 3.63) is 82.0 Å². The number of aromatic nitrogens is 1. The first-order valence-corrected chi connectivity index (χ1v) is 11.7. The number of amides is 3. The van der Waals surface area contributed by atoms with Crippen LogP contribution in [0.15, 0.2) is 70.8 Å². The summed E-state index contributed by atoms with van der Waals surface area (Å²) >= 11 is 7.51. The van der Waals surface area contributed by atoms with Crippen molar-refractivity contribution < 1.29 is 23.9 Å². The van der Waals surface area contributed by atoms with Crippen molar-refractivity contribution in [3.63, 3.8) is 0 Å². The molecule has 1 aromatic heterocycles. The van der Waals surface area contributed by atoms with Gasteiger partial charge in [-0.05, 0) is 44.2 Å². The summed E-state index contributed by atoms with van der Waals surface area (Å²) in [7, 11) is 0. The zero-order valence-electron chi connectivity index (χ0n) is 18.6. The first-order chi connectivity index (χ1) is 16.8. The van der Waals surface area contributed by atoms with Crippen LogP contribution in [0.5, 0.6) is 0 Å². The van der Waals surface area contributed by atoms with Gasteiger partial charge in [-0.3, -0.25) is 19.7 Å². The van der Waals surface area contributed by atoms with E-state index in [1.54, 1.807) is 55.8 Å². The van der Waals surface area contributed by atoms with Crippen LogP contribution >= 0.6 is 22.9 Å². The number of thiazole rings is 1. The third-order valence-corrected chi connectivity index (χ3v) is 5.82. The number of hydrogen-bond donors (Lipinski definition) is 2. The lowest BCUT2D eigenvalue weighted by atomic mass is 10.1. The monoisotopic (exact) mass is 510 g/mol. The molecule has 2 heterocycles. The van der Waals surface area contributed by atoms with Crippen molar-refractivity contribution in [2.75, 3.05) is 15.5 Å². The summed E-state index contributed by atoms with van der Waals surface area (Å²) < 4.78 is 5.24. The second kappa shape index (κ2) is 10.1. The number of imide groups is 1. The highest BCUT2D eigenvalue weighted by molar-refractivity contribution is 7.13. The molecule has 0 fully saturated rings. The Morgan fingerprint density at radius 3 is 2.57 bits per heavy atom. The Kier molecular flexibility index (Phi) is 6.94. The molecule has 1 aliphatic rings. The fourth-order valence-electron chi connectivity index (χ4n) is 3.29. The van der Waals surface area contributed by atoms with Crippen molar-refractivity contribution in [1.29, 1.82) is 0 Å². The molecule has 1 aliphatic heterocycles. The van der Waals surface area contributed by atoms with Crippen molar-refractivity contribution in [2.45, 2.75) is 20.0 Å². The molecule has 4 rings (SSSR count). The van der Waals surface area contributed by atoms with E-state index in [9.17, 15) is 19.2 Å². The molecule has 0 saturated carbocycles. The number of rotatable bonds is 7. The lowest BCUT2D eigenvalue weighted by Gasteiger charge is -2.19. The van der Waals surface area contributed by atoms with Crippen LogP contribution in [-0.2, 0) is 14.3 Å². The summed E-state index contributed by atoms with van der Waals surface area (Å²) in [5.41, 5.74) is 0.591. The molecular formula is C24H19ClN4O5S. The summed E-state index contributed by atoms with van der Waals surface area (Å²) in [5.74, 6) is -2.60. The smallest absolute Gasteiger partial charge is 0.340 e. The van der Waals surface area contributed by atoms with E-state index in [-0.39, 0.29) is 28.1 Å². The number of anilines is 3. The third kappa shape index (κ3) is 5.08. The quantitative estimate of drug-likeness (QED) is 0.357. The highest BCUT2D eigenvalue weighted by Gasteiger charge is 2.40. The molecule has 178 valence electrons. The topological polar surface area (TPSA) is 118 Å². The summed E-state index contributed by atoms with van der Waals surface area (Å²) in [6, 6.07) is 12.4. The molecule has 11 heteroatoms. The molecule has 0 saturated heterocycles. The highest BCUT2D eigenvalue weighted by atomic mass is 35.5. The number of carbonyl (C=O) groups excluding carboxylic acids is 4. The number of nitrogens with one attached hydrogen (secondary N) is 2. The summed E-state index contributed by atoms with van der Waals surface area (Å²) in [5, 5.41) is 7.34. The van der Waals surface area contributed by atoms with Crippen molar-refractivity contribution in [3.8, 4) is 0 Å². The Labute approximate surface area is 209 Å². The second-order valence-corrected chi connectivity index (χ2v) is 8.88. The standard InChI is InChI=1S/C24H19ClN4O5S/c1-13(2)34-23(33)16-8-3-4-9-17(16)29-21(31)18(25)19(22(29)32)27-15-7-5-6-14(12-15)20(30)28-24-26-10-11-35-24/h3-13,27H,1-2H3,(H,26,28,30). The molecule has 0 atom stereocenters. The molecule has 9 nitrogen and oxygen atoms in total. The van der Waals surface area contributed by atoms with Crippen LogP contribution in [0.3, 0.4) is 0 Å². The number of halogens is 1. The van der Waals surface area contributed by atoms with Crippen molar-refractivity contribution >= 4 is 63.1 Å². The van der Waals surface area contributed by atoms with Crippen molar-refractivity contribution in [1.82, 2.24) is 4.98 Å². The van der Waals surface area contributed by atoms with Gasteiger partial charge in [0.25, 0.3) is 17.7 Å². The lowest BCUT2D eigenvalue weighted by molar-refractivity contribution is -0.120. The van der Waals surface area contributed by atoms with Crippen LogP contribution in [-0.4, -0.2) is 34.8 Å². The Bertz CT molecular complexity index is 1350. The van der Waals surface area contributed by atoms with E-state index in [1.807, 2.05) is 0 Å². The number of esters is 1. The zero-order chi connectivity index (χ0) is 25.1. The SMILES string of the molecule is CC(C)OC(=O)c1ccccc1N1C(=O)C(Cl)=C(Nc2cccc(C(=O)Nc3nccs3)c2)C1=O. The van der Waals surface area contributed by atoms with Gasteiger partial charge < -0.3 is 10.1 Å². The minimum atomic E-state index is -0.790. The maximum absolute atomic E-state index is 13.2. The van der Waals surface area contributed by atoms with E-state index in [4.69, 9.17) is 16.3 Å². The van der Waals surface area contributed by atoms with Crippen LogP contribution in [0.4, 0.5) is 16.5 Å². The Morgan fingerprint density at radius 1 is 1.09 bits per heavy atom. The number of ether oxygens (including phenoxy) is 1. The Hall–Kier alpha value is -4.02. The van der Waals surface area contributed by atoms with Crippen LogP contribution in [0.25, 0.3) is 0 Å². The molecule has 3 amide bonds. The highest BCUT2D eigenvalue weighted by Crippen LogP contribution is 2.32. The van der Waals surface area contributed by atoms with Crippen LogP contribution < -0.4 is 15.5 Å². The maximum atomic E-state index is 13.2. The van der Waals surface area contributed by atoms with Gasteiger partial charge in [-0.15, -0.1) is 11.3 Å². The lowest BCUT2D eigenvalue weighted by Crippen LogP contribution is -2.34. The molecule has 0 unspecified atom stereocenters. The minimum Gasteiger partial charge on any atom is -0.459 e. The molecule has 35 heavy (non-hydrogen) atoms. The zero-order valence-corrected chi connectivity index (χ0v) is 20.1. The van der Waals surface area contributed by atoms with E-state index < -0.39 is 23.7 Å². The normalized spacial score (nSPS) is 13.4. The predicted octanol–water partition coefficient (Wildman–Crippen LogP) is 4.40. The summed E-state index contributed by atoms with van der Waals surface area (Å²) in [6.07, 6.45) is 1.18. The first-order valence-electron chi connectivity index (χ1n) is 10.4. The van der Waals surface area contributed by atoms with Gasteiger partial charge in [-0.1, -0.05) is 29.8 Å². The van der Waals surface area contributed by atoms with Gasteiger partial charge in [-0.2, -0.15) is 0 Å². The molecule has 0 radical (unpaired) electrons. The van der Waals surface area contributed by atoms with E-state index >= 15 is 0 Å². The van der Waals surface area contributed by atoms with Crippen LogP contribution in [0.1, 0.15) is 34.6 Å². The van der Waals surface area contributed by atoms with E-state index in [0.29, 0.717) is 16.4 Å². The number of carbonyl (C=O) groups is 4. The fraction of sp³-hybridized carbons (Fsp3) is 0.125. The Balaban J connectivity index is 1.58. The summed E-state index contributed by atoms with van der Waals surface area (Å²) in [4.78, 5) is 56.0. The van der Waals surface area contributed by atoms with E-state index in [1.165, 1.54) is 29.5 Å². The average molecular weight is 511 g/mol. The van der Waals surface area contributed by atoms with E-state index in [0.717, 1.165) is 4.90 Å². The average Bonchev–Trinajstić information content (AvgIpc) is 3.41. The van der Waals surface area contributed by atoms with Gasteiger partial charge in [0, 0.05) is 22.8 Å². The number of nitrogens with zero attached hydrogens (tertiary/aromatic N) is 2. The molecule has 0 bridgehead atoms. The van der Waals surface area contributed by atoms with E-state index in [2.05, 4.69) is 15.6 Å². The Morgan fingerprint density at radius 2 is 1.86 bits per heavy atom. The largest absolute Gasteiger partial charge is 0.459 e. The predicted molar refractivity (Wildman–Crippen MR) is 132 cm³/mol. The third-order valence-electron chi connectivity index (χ3n) is 4.78. The number of benzene rings is 2. The van der Waals surface area contributed by atoms with Crippen LogP contribution in [0.2, 0.25) is 0 Å². The molecule has 0 aliphatic carbocycles. The number of hydrogen-bond acceptors (Lipinski definition) is 8. The first kappa shape index (κ1) is 24.1. The number of para-hydroxylation sites is 1. The molecule has 2 aromatic carbocycles.